The summed E-state index contributed by atoms with van der Waals surface area (Å²) in [6.45, 7) is 2.01. The maximum atomic E-state index is 12.0. The Morgan fingerprint density at radius 2 is 1.82 bits per heavy atom. The Morgan fingerprint density at radius 3 is 2.54 bits per heavy atom. The average Bonchev–Trinajstić information content (AvgIpc) is 2.70. The second kappa shape index (κ2) is 10.8. The molecule has 2 rings (SSSR count). The van der Waals surface area contributed by atoms with Crippen molar-refractivity contribution in [1.29, 1.82) is 0 Å². The zero-order valence-corrected chi connectivity index (χ0v) is 16.3. The molecular weight excluding hydrogens is 362 g/mol. The van der Waals surface area contributed by atoms with E-state index >= 15 is 0 Å². The highest BCUT2D eigenvalue weighted by Crippen LogP contribution is 2.28. The van der Waals surface area contributed by atoms with Crippen LogP contribution in [0.5, 0.6) is 17.2 Å². The van der Waals surface area contributed by atoms with Gasteiger partial charge in [-0.25, -0.2) is 0 Å². The van der Waals surface area contributed by atoms with Gasteiger partial charge in [0.2, 0.25) is 0 Å². The van der Waals surface area contributed by atoms with Gasteiger partial charge in [0.15, 0.2) is 6.61 Å². The molecule has 7 heteroatoms. The minimum atomic E-state index is -0.454. The number of hydrogen-bond acceptors (Lipinski definition) is 6. The van der Waals surface area contributed by atoms with Crippen LogP contribution in [-0.4, -0.2) is 39.3 Å². The highest BCUT2D eigenvalue weighted by atomic mass is 16.5. The van der Waals surface area contributed by atoms with Crippen LogP contribution < -0.4 is 19.5 Å². The van der Waals surface area contributed by atoms with Crippen LogP contribution in [0.2, 0.25) is 0 Å². The van der Waals surface area contributed by atoms with Gasteiger partial charge in [0, 0.05) is 12.5 Å². The van der Waals surface area contributed by atoms with E-state index in [0.717, 1.165) is 11.3 Å². The molecule has 1 amide bonds. The largest absolute Gasteiger partial charge is 0.497 e. The number of nitrogens with one attached hydrogen (secondary N) is 1. The van der Waals surface area contributed by atoms with Gasteiger partial charge < -0.3 is 24.3 Å². The smallest absolute Gasteiger partial charge is 0.306 e. The molecule has 0 atom stereocenters. The topological polar surface area (TPSA) is 83.1 Å². The predicted molar refractivity (Wildman–Crippen MR) is 105 cm³/mol. The van der Waals surface area contributed by atoms with E-state index in [1.807, 2.05) is 31.2 Å². The fourth-order valence-corrected chi connectivity index (χ4v) is 2.42. The minimum Gasteiger partial charge on any atom is -0.497 e. The van der Waals surface area contributed by atoms with E-state index in [1.165, 1.54) is 7.11 Å². The maximum Gasteiger partial charge on any atom is 0.306 e. The zero-order chi connectivity index (χ0) is 20.4. The normalized spacial score (nSPS) is 10.1. The third-order valence-electron chi connectivity index (χ3n) is 3.83. The lowest BCUT2D eigenvalue weighted by Gasteiger charge is -2.12. The third kappa shape index (κ3) is 6.83. The number of carbonyl (C=O) groups excluding carboxylic acids is 2. The summed E-state index contributed by atoms with van der Waals surface area (Å²) in [7, 11) is 3.03. The standard InChI is InChI=1S/C21H25NO6/c1-15-6-4-7-17(12-15)27-11-5-8-21(24)28-14-20(23)22-18-10-9-16(25-2)13-19(18)26-3/h4,6-7,9-10,12-13H,5,8,11,14H2,1-3H3,(H,22,23). The Labute approximate surface area is 164 Å². The van der Waals surface area contributed by atoms with Crippen molar-refractivity contribution in [3.05, 3.63) is 48.0 Å². The van der Waals surface area contributed by atoms with Gasteiger partial charge in [0.25, 0.3) is 5.91 Å². The van der Waals surface area contributed by atoms with E-state index in [1.54, 1.807) is 25.3 Å². The molecule has 0 aliphatic heterocycles. The first-order chi connectivity index (χ1) is 13.5. The van der Waals surface area contributed by atoms with E-state index in [4.69, 9.17) is 18.9 Å². The molecular formula is C21H25NO6. The Balaban J connectivity index is 1.68. The second-order valence-corrected chi connectivity index (χ2v) is 6.04. The average molecular weight is 387 g/mol. The van der Waals surface area contributed by atoms with E-state index in [-0.39, 0.29) is 13.0 Å². The summed E-state index contributed by atoms with van der Waals surface area (Å²) in [5.41, 5.74) is 1.58. The van der Waals surface area contributed by atoms with Crippen molar-refractivity contribution in [3.8, 4) is 17.2 Å². The number of rotatable bonds is 10. The van der Waals surface area contributed by atoms with Crippen LogP contribution >= 0.6 is 0 Å². The summed E-state index contributed by atoms with van der Waals surface area (Å²) in [4.78, 5) is 23.8. The van der Waals surface area contributed by atoms with E-state index in [9.17, 15) is 9.59 Å². The number of hydrogen-bond donors (Lipinski definition) is 1. The second-order valence-electron chi connectivity index (χ2n) is 6.04. The Bertz CT molecular complexity index is 805. The van der Waals surface area contributed by atoms with Crippen LogP contribution in [0, 0.1) is 6.92 Å². The maximum absolute atomic E-state index is 12.0. The summed E-state index contributed by atoms with van der Waals surface area (Å²) in [6, 6.07) is 12.7. The van der Waals surface area contributed by atoms with Crippen LogP contribution in [0.25, 0.3) is 0 Å². The van der Waals surface area contributed by atoms with Crippen molar-refractivity contribution >= 4 is 17.6 Å². The van der Waals surface area contributed by atoms with Gasteiger partial charge in [0.1, 0.15) is 17.2 Å². The molecule has 0 spiro atoms. The van der Waals surface area contributed by atoms with Crippen molar-refractivity contribution in [3.63, 3.8) is 0 Å². The van der Waals surface area contributed by atoms with Gasteiger partial charge in [-0.1, -0.05) is 12.1 Å². The molecule has 150 valence electrons. The molecule has 0 saturated carbocycles. The number of aryl methyl sites for hydroxylation is 1. The fraction of sp³-hybridized carbons (Fsp3) is 0.333. The molecule has 7 nitrogen and oxygen atoms in total. The Morgan fingerprint density at radius 1 is 1.00 bits per heavy atom. The Hall–Kier alpha value is -3.22. The fourth-order valence-electron chi connectivity index (χ4n) is 2.42. The summed E-state index contributed by atoms with van der Waals surface area (Å²) in [5.74, 6) is 0.917. The molecule has 0 bridgehead atoms. The minimum absolute atomic E-state index is 0.172. The number of ether oxygens (including phenoxy) is 4. The lowest BCUT2D eigenvalue weighted by Crippen LogP contribution is -2.21. The van der Waals surface area contributed by atoms with Crippen LogP contribution in [-0.2, 0) is 14.3 Å². The molecule has 0 aliphatic rings. The van der Waals surface area contributed by atoms with Crippen LogP contribution in [0.1, 0.15) is 18.4 Å². The molecule has 0 unspecified atom stereocenters. The highest BCUT2D eigenvalue weighted by molar-refractivity contribution is 5.94. The quantitative estimate of drug-likeness (QED) is 0.497. The first-order valence-corrected chi connectivity index (χ1v) is 8.89. The molecule has 1 N–H and O–H groups in total. The molecule has 0 saturated heterocycles. The summed E-state index contributed by atoms with van der Waals surface area (Å²) in [5, 5.41) is 2.64. The Kier molecular flexibility index (Phi) is 8.14. The SMILES string of the molecule is COc1ccc(NC(=O)COC(=O)CCCOc2cccc(C)c2)c(OC)c1. The lowest BCUT2D eigenvalue weighted by molar-refractivity contribution is -0.147. The van der Waals surface area contributed by atoms with Crippen LogP contribution in [0.15, 0.2) is 42.5 Å². The summed E-state index contributed by atoms with van der Waals surface area (Å²) >= 11 is 0. The summed E-state index contributed by atoms with van der Waals surface area (Å²) < 4.78 is 20.9. The number of esters is 1. The van der Waals surface area contributed by atoms with E-state index in [0.29, 0.717) is 30.2 Å². The number of benzene rings is 2. The van der Waals surface area contributed by atoms with Gasteiger partial charge in [-0.2, -0.15) is 0 Å². The molecule has 2 aromatic carbocycles. The van der Waals surface area contributed by atoms with Gasteiger partial charge in [-0.15, -0.1) is 0 Å². The molecule has 0 radical (unpaired) electrons. The van der Waals surface area contributed by atoms with E-state index < -0.39 is 11.9 Å². The van der Waals surface area contributed by atoms with Gasteiger partial charge in [0.05, 0.1) is 26.5 Å². The molecule has 2 aromatic rings. The highest BCUT2D eigenvalue weighted by Gasteiger charge is 2.11. The third-order valence-corrected chi connectivity index (χ3v) is 3.83. The van der Waals surface area contributed by atoms with Crippen LogP contribution in [0.4, 0.5) is 5.69 Å². The van der Waals surface area contributed by atoms with Crippen molar-refractivity contribution in [2.75, 3.05) is 32.8 Å². The molecule has 0 fully saturated rings. The zero-order valence-electron chi connectivity index (χ0n) is 16.3. The molecule has 0 aromatic heterocycles. The van der Waals surface area contributed by atoms with Crippen LogP contribution in [0.3, 0.4) is 0 Å². The number of anilines is 1. The van der Waals surface area contributed by atoms with E-state index in [2.05, 4.69) is 5.32 Å². The van der Waals surface area contributed by atoms with Crippen molar-refractivity contribution in [2.24, 2.45) is 0 Å². The number of methoxy groups -OCH3 is 2. The number of amides is 1. The van der Waals surface area contributed by atoms with Gasteiger partial charge in [-0.3, -0.25) is 9.59 Å². The number of carbonyl (C=O) groups is 2. The van der Waals surface area contributed by atoms with Gasteiger partial charge in [-0.05, 0) is 43.2 Å². The van der Waals surface area contributed by atoms with Crippen molar-refractivity contribution in [2.45, 2.75) is 19.8 Å². The first kappa shape index (κ1) is 21.1. The lowest BCUT2D eigenvalue weighted by atomic mass is 10.2. The molecule has 0 heterocycles. The monoisotopic (exact) mass is 387 g/mol. The van der Waals surface area contributed by atoms with Crippen molar-refractivity contribution < 1.29 is 28.5 Å². The summed E-state index contributed by atoms with van der Waals surface area (Å²) in [6.07, 6.45) is 0.672. The van der Waals surface area contributed by atoms with Gasteiger partial charge >= 0.3 is 5.97 Å². The predicted octanol–water partition coefficient (Wildman–Crippen LogP) is 3.35. The van der Waals surface area contributed by atoms with Crippen molar-refractivity contribution in [1.82, 2.24) is 0 Å². The first-order valence-electron chi connectivity index (χ1n) is 8.89. The molecule has 0 aliphatic carbocycles. The molecule has 28 heavy (non-hydrogen) atoms.